The number of rotatable bonds is 4. The number of amidine groups is 1. The standard InChI is InChI=1S/C16H18ClN3OS/c1-2-9-21-19-16(13-4-3-5-15(17)18-13)20-8-6-14-12(11-20)7-10-22-14/h3-5,7,10H,2,6,8-9,11H2,1H3/b19-16-. The van der Waals surface area contributed by atoms with Gasteiger partial charge in [-0.25, -0.2) is 4.98 Å². The van der Waals surface area contributed by atoms with E-state index in [0.29, 0.717) is 11.8 Å². The van der Waals surface area contributed by atoms with E-state index < -0.39 is 0 Å². The van der Waals surface area contributed by atoms with Crippen molar-refractivity contribution >= 4 is 28.8 Å². The van der Waals surface area contributed by atoms with E-state index in [-0.39, 0.29) is 0 Å². The third kappa shape index (κ3) is 3.42. The average Bonchev–Trinajstić information content (AvgIpc) is 2.99. The zero-order chi connectivity index (χ0) is 15.4. The summed E-state index contributed by atoms with van der Waals surface area (Å²) in [6, 6.07) is 7.76. The Labute approximate surface area is 139 Å². The Morgan fingerprint density at radius 2 is 2.36 bits per heavy atom. The van der Waals surface area contributed by atoms with Crippen molar-refractivity contribution < 1.29 is 4.84 Å². The van der Waals surface area contributed by atoms with Crippen molar-refractivity contribution in [2.75, 3.05) is 13.2 Å². The molecule has 2 aromatic heterocycles. The monoisotopic (exact) mass is 335 g/mol. The van der Waals surface area contributed by atoms with Gasteiger partial charge < -0.3 is 9.74 Å². The minimum Gasteiger partial charge on any atom is -0.394 e. The molecule has 0 saturated heterocycles. The van der Waals surface area contributed by atoms with E-state index in [9.17, 15) is 0 Å². The van der Waals surface area contributed by atoms with Crippen LogP contribution >= 0.6 is 22.9 Å². The Hall–Kier alpha value is -1.59. The van der Waals surface area contributed by atoms with Gasteiger partial charge in [0, 0.05) is 18.0 Å². The quantitative estimate of drug-likeness (QED) is 0.279. The maximum atomic E-state index is 6.03. The molecule has 0 N–H and O–H groups in total. The minimum atomic E-state index is 0.467. The Kier molecular flexibility index (Phi) is 4.95. The molecule has 3 heterocycles. The number of aromatic nitrogens is 1. The molecule has 0 amide bonds. The lowest BCUT2D eigenvalue weighted by Crippen LogP contribution is -2.36. The van der Waals surface area contributed by atoms with Gasteiger partial charge in [0.2, 0.25) is 0 Å². The predicted octanol–water partition coefficient (Wildman–Crippen LogP) is 3.94. The first kappa shape index (κ1) is 15.3. The molecule has 0 atom stereocenters. The van der Waals surface area contributed by atoms with Crippen molar-refractivity contribution in [3.05, 3.63) is 50.9 Å². The first-order valence-corrected chi connectivity index (χ1v) is 8.66. The number of fused-ring (bicyclic) bond motifs is 1. The molecule has 4 nitrogen and oxygen atoms in total. The molecule has 0 unspecified atom stereocenters. The van der Waals surface area contributed by atoms with E-state index in [1.54, 1.807) is 6.07 Å². The van der Waals surface area contributed by atoms with Crippen LogP contribution in [0, 0.1) is 0 Å². The lowest BCUT2D eigenvalue weighted by Gasteiger charge is -2.29. The molecule has 116 valence electrons. The summed E-state index contributed by atoms with van der Waals surface area (Å²) in [5.41, 5.74) is 2.11. The van der Waals surface area contributed by atoms with Crippen LogP contribution in [-0.4, -0.2) is 28.9 Å². The van der Waals surface area contributed by atoms with Crippen LogP contribution in [0.4, 0.5) is 0 Å². The second-order valence-electron chi connectivity index (χ2n) is 5.13. The van der Waals surface area contributed by atoms with E-state index in [1.807, 2.05) is 23.5 Å². The SMILES string of the molecule is CCCO/N=C(/c1cccc(Cl)n1)N1CCc2sccc2C1. The fourth-order valence-electron chi connectivity index (χ4n) is 2.43. The molecule has 0 aliphatic carbocycles. The van der Waals surface area contributed by atoms with E-state index in [1.165, 1.54) is 10.4 Å². The summed E-state index contributed by atoms with van der Waals surface area (Å²) in [5, 5.41) is 6.95. The largest absolute Gasteiger partial charge is 0.394 e. The molecule has 1 aliphatic heterocycles. The van der Waals surface area contributed by atoms with Gasteiger partial charge in [-0.2, -0.15) is 0 Å². The summed E-state index contributed by atoms with van der Waals surface area (Å²) in [4.78, 5) is 13.5. The molecule has 0 radical (unpaired) electrons. The highest BCUT2D eigenvalue weighted by Gasteiger charge is 2.22. The van der Waals surface area contributed by atoms with Crippen molar-refractivity contribution in [2.45, 2.75) is 26.3 Å². The van der Waals surface area contributed by atoms with Crippen molar-refractivity contribution in [1.29, 1.82) is 0 Å². The first-order chi connectivity index (χ1) is 10.8. The highest BCUT2D eigenvalue weighted by atomic mass is 35.5. The predicted molar refractivity (Wildman–Crippen MR) is 90.5 cm³/mol. The van der Waals surface area contributed by atoms with Crippen molar-refractivity contribution in [1.82, 2.24) is 9.88 Å². The maximum absolute atomic E-state index is 6.03. The van der Waals surface area contributed by atoms with Gasteiger partial charge in [-0.05, 0) is 42.0 Å². The van der Waals surface area contributed by atoms with Crippen molar-refractivity contribution in [3.63, 3.8) is 0 Å². The van der Waals surface area contributed by atoms with Gasteiger partial charge in [0.05, 0.1) is 0 Å². The van der Waals surface area contributed by atoms with E-state index in [2.05, 4.69) is 33.4 Å². The van der Waals surface area contributed by atoms with Crippen LogP contribution in [0.3, 0.4) is 0 Å². The molecule has 0 fully saturated rings. The minimum absolute atomic E-state index is 0.467. The maximum Gasteiger partial charge on any atom is 0.194 e. The van der Waals surface area contributed by atoms with Crippen LogP contribution in [0.15, 0.2) is 34.8 Å². The van der Waals surface area contributed by atoms with Crippen LogP contribution in [0.25, 0.3) is 0 Å². The van der Waals surface area contributed by atoms with Crippen LogP contribution in [0.2, 0.25) is 5.15 Å². The smallest absolute Gasteiger partial charge is 0.194 e. The van der Waals surface area contributed by atoms with Crippen LogP contribution in [-0.2, 0) is 17.8 Å². The van der Waals surface area contributed by atoms with Crippen LogP contribution in [0.5, 0.6) is 0 Å². The normalized spacial score (nSPS) is 14.8. The summed E-state index contributed by atoms with van der Waals surface area (Å²) < 4.78 is 0. The number of hydrogen-bond acceptors (Lipinski definition) is 4. The summed E-state index contributed by atoms with van der Waals surface area (Å²) in [6.07, 6.45) is 1.95. The number of oxime groups is 1. The summed E-state index contributed by atoms with van der Waals surface area (Å²) in [6.45, 7) is 4.41. The lowest BCUT2D eigenvalue weighted by molar-refractivity contribution is 0.139. The first-order valence-electron chi connectivity index (χ1n) is 7.41. The molecule has 0 bridgehead atoms. The molecule has 6 heteroatoms. The number of nitrogens with zero attached hydrogens (tertiary/aromatic N) is 3. The second kappa shape index (κ2) is 7.11. The van der Waals surface area contributed by atoms with Gasteiger partial charge in [0.15, 0.2) is 5.84 Å². The lowest BCUT2D eigenvalue weighted by atomic mass is 10.1. The fraction of sp³-hybridized carbons (Fsp3) is 0.375. The average molecular weight is 336 g/mol. The molecule has 22 heavy (non-hydrogen) atoms. The number of pyridine rings is 1. The summed E-state index contributed by atoms with van der Waals surface area (Å²) in [7, 11) is 0. The van der Waals surface area contributed by atoms with Crippen LogP contribution < -0.4 is 0 Å². The van der Waals surface area contributed by atoms with E-state index in [0.717, 1.165) is 37.5 Å². The Morgan fingerprint density at radius 1 is 1.45 bits per heavy atom. The highest BCUT2D eigenvalue weighted by Crippen LogP contribution is 2.25. The molecule has 0 spiro atoms. The fourth-order valence-corrected chi connectivity index (χ4v) is 3.48. The van der Waals surface area contributed by atoms with Gasteiger partial charge in [-0.15, -0.1) is 11.3 Å². The van der Waals surface area contributed by atoms with E-state index in [4.69, 9.17) is 16.4 Å². The Balaban J connectivity index is 1.87. The van der Waals surface area contributed by atoms with E-state index >= 15 is 0 Å². The third-order valence-electron chi connectivity index (χ3n) is 3.50. The molecule has 2 aromatic rings. The molecular formula is C16H18ClN3OS. The van der Waals surface area contributed by atoms with Gasteiger partial charge in [-0.3, -0.25) is 0 Å². The topological polar surface area (TPSA) is 37.7 Å². The van der Waals surface area contributed by atoms with Gasteiger partial charge in [0.25, 0.3) is 0 Å². The molecule has 0 aromatic carbocycles. The Bertz CT molecular complexity index is 671. The zero-order valence-corrected chi connectivity index (χ0v) is 14.0. The number of hydrogen-bond donors (Lipinski definition) is 0. The zero-order valence-electron chi connectivity index (χ0n) is 12.5. The molecule has 1 aliphatic rings. The van der Waals surface area contributed by atoms with Gasteiger partial charge >= 0.3 is 0 Å². The second-order valence-corrected chi connectivity index (χ2v) is 6.52. The summed E-state index contributed by atoms with van der Waals surface area (Å²) in [5.74, 6) is 0.757. The van der Waals surface area contributed by atoms with Crippen LogP contribution in [0.1, 0.15) is 29.5 Å². The number of halogens is 1. The summed E-state index contributed by atoms with van der Waals surface area (Å²) >= 11 is 7.85. The molecule has 3 rings (SSSR count). The Morgan fingerprint density at radius 3 is 3.18 bits per heavy atom. The third-order valence-corrected chi connectivity index (χ3v) is 4.73. The highest BCUT2D eigenvalue weighted by molar-refractivity contribution is 7.10. The number of thiophene rings is 1. The van der Waals surface area contributed by atoms with Gasteiger partial charge in [0.1, 0.15) is 17.5 Å². The van der Waals surface area contributed by atoms with Crippen molar-refractivity contribution in [3.8, 4) is 0 Å². The van der Waals surface area contributed by atoms with Gasteiger partial charge in [-0.1, -0.05) is 29.7 Å². The van der Waals surface area contributed by atoms with Crippen molar-refractivity contribution in [2.24, 2.45) is 5.16 Å². The molecule has 0 saturated carbocycles. The molecular weight excluding hydrogens is 318 g/mol.